The van der Waals surface area contributed by atoms with Gasteiger partial charge in [0.25, 0.3) is 0 Å². The third kappa shape index (κ3) is 3.44. The summed E-state index contributed by atoms with van der Waals surface area (Å²) >= 11 is 5.68. The van der Waals surface area contributed by atoms with Crippen molar-refractivity contribution in [3.8, 4) is 11.4 Å². The van der Waals surface area contributed by atoms with Crippen LogP contribution in [-0.2, 0) is 6.54 Å². The number of hydrogen-bond acceptors (Lipinski definition) is 6. The minimum absolute atomic E-state index is 0.625. The summed E-state index contributed by atoms with van der Waals surface area (Å²) in [5, 5.41) is 9.49. The predicted octanol–water partition coefficient (Wildman–Crippen LogP) is 3.04. The highest BCUT2D eigenvalue weighted by Gasteiger charge is 2.22. The molecular weight excluding hydrogens is 360 g/mol. The molecule has 2 heterocycles. The second-order valence-corrected chi connectivity index (χ2v) is 6.64. The SMILES string of the molecule is COc1ccc(CN2NNN=C2c2c[nH]n(-c3ccc(C)cc3)c2=S)cc1. The van der Waals surface area contributed by atoms with Crippen LogP contribution >= 0.6 is 12.2 Å². The van der Waals surface area contributed by atoms with Gasteiger partial charge in [0, 0.05) is 6.20 Å². The van der Waals surface area contributed by atoms with Crippen molar-refractivity contribution in [1.29, 1.82) is 0 Å². The van der Waals surface area contributed by atoms with Gasteiger partial charge in [-0.3, -0.25) is 10.1 Å². The average molecular weight is 380 g/mol. The first kappa shape index (κ1) is 17.3. The largest absolute Gasteiger partial charge is 0.497 e. The number of nitrogens with zero attached hydrogens (tertiary/aromatic N) is 3. The van der Waals surface area contributed by atoms with Gasteiger partial charge in [-0.05, 0) is 36.8 Å². The number of hydrogen-bond donors (Lipinski definition) is 3. The molecule has 0 unspecified atom stereocenters. The van der Waals surface area contributed by atoms with Gasteiger partial charge in [0.15, 0.2) is 5.84 Å². The Morgan fingerprint density at radius 2 is 1.81 bits per heavy atom. The first-order chi connectivity index (χ1) is 13.2. The molecule has 0 amide bonds. The minimum Gasteiger partial charge on any atom is -0.497 e. The average Bonchev–Trinajstić information content (AvgIpc) is 3.29. The van der Waals surface area contributed by atoms with E-state index in [0.29, 0.717) is 11.2 Å². The molecule has 3 N–H and O–H groups in total. The summed E-state index contributed by atoms with van der Waals surface area (Å²) in [5.41, 5.74) is 10.0. The van der Waals surface area contributed by atoms with Crippen molar-refractivity contribution in [1.82, 2.24) is 25.9 Å². The lowest BCUT2D eigenvalue weighted by molar-refractivity contribution is 0.288. The second kappa shape index (κ2) is 7.26. The molecule has 1 aliphatic heterocycles. The van der Waals surface area contributed by atoms with Crippen LogP contribution in [0.25, 0.3) is 5.69 Å². The number of H-pyrrole nitrogens is 1. The summed E-state index contributed by atoms with van der Waals surface area (Å²) in [6.45, 7) is 2.69. The van der Waals surface area contributed by atoms with Gasteiger partial charge in [0.1, 0.15) is 10.4 Å². The monoisotopic (exact) mass is 380 g/mol. The Morgan fingerprint density at radius 1 is 1.07 bits per heavy atom. The summed E-state index contributed by atoms with van der Waals surface area (Å²) in [5.74, 6) is 1.57. The summed E-state index contributed by atoms with van der Waals surface area (Å²) in [6.07, 6.45) is 1.87. The zero-order valence-corrected chi connectivity index (χ0v) is 15.9. The van der Waals surface area contributed by atoms with Crippen LogP contribution < -0.4 is 15.8 Å². The van der Waals surface area contributed by atoms with Crippen LogP contribution in [0.15, 0.2) is 59.8 Å². The molecule has 27 heavy (non-hydrogen) atoms. The number of benzene rings is 2. The highest BCUT2D eigenvalue weighted by molar-refractivity contribution is 7.71. The molecule has 0 radical (unpaired) electrons. The zero-order valence-electron chi connectivity index (χ0n) is 15.1. The van der Waals surface area contributed by atoms with Crippen LogP contribution in [0, 0.1) is 11.6 Å². The van der Waals surface area contributed by atoms with E-state index in [2.05, 4.69) is 40.3 Å². The molecule has 4 rings (SSSR count). The van der Waals surface area contributed by atoms with E-state index in [-0.39, 0.29) is 0 Å². The van der Waals surface area contributed by atoms with Crippen molar-refractivity contribution in [3.63, 3.8) is 0 Å². The molecule has 0 aliphatic carbocycles. The number of rotatable bonds is 5. The third-order valence-electron chi connectivity index (χ3n) is 4.41. The zero-order chi connectivity index (χ0) is 18.8. The molecule has 2 aromatic carbocycles. The van der Waals surface area contributed by atoms with Gasteiger partial charge in [0.05, 0.1) is 24.9 Å². The van der Waals surface area contributed by atoms with Gasteiger partial charge in [0.2, 0.25) is 0 Å². The van der Waals surface area contributed by atoms with Crippen LogP contribution in [0.4, 0.5) is 0 Å². The lowest BCUT2D eigenvalue weighted by atomic mass is 10.2. The van der Waals surface area contributed by atoms with Crippen LogP contribution in [0.1, 0.15) is 16.7 Å². The third-order valence-corrected chi connectivity index (χ3v) is 4.81. The van der Waals surface area contributed by atoms with Gasteiger partial charge in [-0.15, -0.1) is 10.6 Å². The first-order valence-corrected chi connectivity index (χ1v) is 8.93. The topological polar surface area (TPSA) is 69.6 Å². The Morgan fingerprint density at radius 3 is 2.52 bits per heavy atom. The Hall–Kier alpha value is -3.10. The van der Waals surface area contributed by atoms with Crippen molar-refractivity contribution in [2.24, 2.45) is 5.10 Å². The lowest BCUT2D eigenvalue weighted by Crippen LogP contribution is -2.40. The van der Waals surface area contributed by atoms with Gasteiger partial charge < -0.3 is 4.74 Å². The maximum absolute atomic E-state index is 5.68. The van der Waals surface area contributed by atoms with Crippen molar-refractivity contribution >= 4 is 18.1 Å². The summed E-state index contributed by atoms with van der Waals surface area (Å²) in [7, 11) is 1.66. The Kier molecular flexibility index (Phi) is 4.66. The molecule has 8 heteroatoms. The molecule has 0 atom stereocenters. The number of aromatic nitrogens is 2. The van der Waals surface area contributed by atoms with Crippen molar-refractivity contribution in [3.05, 3.63) is 76.1 Å². The van der Waals surface area contributed by atoms with E-state index in [9.17, 15) is 0 Å². The van der Waals surface area contributed by atoms with E-state index in [4.69, 9.17) is 17.0 Å². The number of hydrazone groups is 1. The quantitative estimate of drug-likeness (QED) is 0.594. The number of aryl methyl sites for hydroxylation is 1. The van der Waals surface area contributed by atoms with Crippen molar-refractivity contribution in [2.75, 3.05) is 7.11 Å². The number of ether oxygens (including phenoxy) is 1. The predicted molar refractivity (Wildman–Crippen MR) is 107 cm³/mol. The first-order valence-electron chi connectivity index (χ1n) is 8.52. The number of hydrazine groups is 2. The molecule has 1 aliphatic rings. The molecular formula is C19H20N6OS. The van der Waals surface area contributed by atoms with Gasteiger partial charge in [-0.2, -0.15) is 0 Å². The van der Waals surface area contributed by atoms with E-state index >= 15 is 0 Å². The molecule has 0 spiro atoms. The van der Waals surface area contributed by atoms with Crippen LogP contribution in [-0.4, -0.2) is 27.7 Å². The Balaban J connectivity index is 1.58. The second-order valence-electron chi connectivity index (χ2n) is 6.26. The molecule has 0 fully saturated rings. The van der Waals surface area contributed by atoms with Crippen LogP contribution in [0.3, 0.4) is 0 Å². The van der Waals surface area contributed by atoms with E-state index in [1.54, 1.807) is 7.11 Å². The van der Waals surface area contributed by atoms with Gasteiger partial charge >= 0.3 is 0 Å². The maximum Gasteiger partial charge on any atom is 0.177 e. The van der Waals surface area contributed by atoms with Crippen LogP contribution in [0.5, 0.6) is 5.75 Å². The van der Waals surface area contributed by atoms with E-state index in [1.165, 1.54) is 5.56 Å². The van der Waals surface area contributed by atoms with E-state index < -0.39 is 0 Å². The molecule has 0 saturated heterocycles. The summed E-state index contributed by atoms with van der Waals surface area (Å²) < 4.78 is 7.75. The number of amidine groups is 1. The minimum atomic E-state index is 0.625. The molecule has 138 valence electrons. The summed E-state index contributed by atoms with van der Waals surface area (Å²) in [6, 6.07) is 16.1. The van der Waals surface area contributed by atoms with Crippen molar-refractivity contribution < 1.29 is 4.74 Å². The standard InChI is InChI=1S/C19H20N6OS/c1-13-3-7-15(8-4-13)25-19(27)17(11-20-25)18-21-22-23-24(18)12-14-5-9-16(26-2)10-6-14/h3-11,20,22-23H,12H2,1-2H3. The highest BCUT2D eigenvalue weighted by atomic mass is 32.1. The number of nitrogens with one attached hydrogen (secondary N) is 3. The molecule has 7 nitrogen and oxygen atoms in total. The highest BCUT2D eigenvalue weighted by Crippen LogP contribution is 2.17. The molecule has 1 aromatic heterocycles. The maximum atomic E-state index is 5.68. The fourth-order valence-corrected chi connectivity index (χ4v) is 3.21. The summed E-state index contributed by atoms with van der Waals surface area (Å²) in [4.78, 5) is 0. The lowest BCUT2D eigenvalue weighted by Gasteiger charge is -2.18. The normalized spacial score (nSPS) is 13.4. The molecule has 0 bridgehead atoms. The molecule has 3 aromatic rings. The number of aromatic amines is 1. The van der Waals surface area contributed by atoms with E-state index in [0.717, 1.165) is 28.4 Å². The Bertz CT molecular complexity index is 1020. The molecule has 0 saturated carbocycles. The van der Waals surface area contributed by atoms with Gasteiger partial charge in [-0.25, -0.2) is 10.2 Å². The van der Waals surface area contributed by atoms with Crippen LogP contribution in [0.2, 0.25) is 0 Å². The fourth-order valence-electron chi connectivity index (χ4n) is 2.90. The smallest absolute Gasteiger partial charge is 0.177 e. The van der Waals surface area contributed by atoms with E-state index in [1.807, 2.05) is 52.3 Å². The Labute approximate surface area is 162 Å². The fraction of sp³-hybridized carbons (Fsp3) is 0.158. The van der Waals surface area contributed by atoms with Crippen molar-refractivity contribution in [2.45, 2.75) is 13.5 Å². The van der Waals surface area contributed by atoms with Gasteiger partial charge in [-0.1, -0.05) is 42.0 Å². The number of methoxy groups -OCH3 is 1.